The first-order valence-electron chi connectivity index (χ1n) is 22.7. The van der Waals surface area contributed by atoms with Crippen molar-refractivity contribution in [2.75, 3.05) is 33.5 Å². The second-order valence-electron chi connectivity index (χ2n) is 18.3. The van der Waals surface area contributed by atoms with E-state index in [-0.39, 0.29) is 37.4 Å². The predicted octanol–water partition coefficient (Wildman–Crippen LogP) is 2.36. The number of hydrogen-bond acceptors (Lipinski definition) is 17. The number of pyridine rings is 1. The van der Waals surface area contributed by atoms with Crippen LogP contribution in [-0.4, -0.2) is 150 Å². The number of aliphatic hydroxyl groups excluding tert-OH is 1. The summed E-state index contributed by atoms with van der Waals surface area (Å²) < 4.78 is 34.3. The molecule has 3 aliphatic heterocycles. The number of nitrogen functional groups attached to an aromatic ring is 1. The number of esters is 1. The number of aromatic nitrogens is 6. The smallest absolute Gasteiger partial charge is 0.412 e. The molecule has 3 fully saturated rings. The van der Waals surface area contributed by atoms with Crippen molar-refractivity contribution < 1.29 is 48.0 Å². The SMILES string of the molecule is CC[C@H]1OC(=O)[C@H](C)C(=O)[C@H](C)[C@@H](O[C@@H]2O[C@H](C)CC(N(C)C)C2O)[C@](C)(OC)C[C@@H](C)C(=O)N[C@H](C)[C@H]2N(CCCCn3cc(-c4ccccn4)nn3)C(=O)O[C@]12n1ccc(N)nc1=O. The molecule has 66 heavy (non-hydrogen) atoms. The maximum Gasteiger partial charge on any atom is 0.412 e. The Balaban J connectivity index is 1.38. The molecule has 2 amide bonds. The summed E-state index contributed by atoms with van der Waals surface area (Å²) in [7, 11) is 5.13. The number of cyclic esters (lactones) is 1. The zero-order valence-electron chi connectivity index (χ0n) is 39.5. The third kappa shape index (κ3) is 10.1. The minimum Gasteiger partial charge on any atom is -0.455 e. The second-order valence-corrected chi connectivity index (χ2v) is 18.3. The summed E-state index contributed by atoms with van der Waals surface area (Å²) in [5.41, 5.74) is 2.80. The third-order valence-corrected chi connectivity index (χ3v) is 13.4. The van der Waals surface area contributed by atoms with Gasteiger partial charge in [0.2, 0.25) is 5.91 Å². The summed E-state index contributed by atoms with van der Waals surface area (Å²) in [6.07, 6.45) is 0.160. The number of amides is 2. The number of ketones is 1. The molecule has 4 N–H and O–H groups in total. The fourth-order valence-corrected chi connectivity index (χ4v) is 9.75. The Morgan fingerprint density at radius 3 is 2.41 bits per heavy atom. The Bertz CT molecular complexity index is 2240. The van der Waals surface area contributed by atoms with E-state index in [1.165, 1.54) is 31.2 Å². The van der Waals surface area contributed by atoms with Crippen molar-refractivity contribution >= 4 is 29.6 Å². The molecule has 0 spiro atoms. The monoisotopic (exact) mass is 922 g/mol. The van der Waals surface area contributed by atoms with E-state index < -0.39 is 95.2 Å². The number of nitrogens with two attached hydrogens (primary N) is 1. The normalized spacial score (nSPS) is 33.7. The first kappa shape index (κ1) is 50.1. The number of nitrogens with one attached hydrogen (secondary N) is 1. The van der Waals surface area contributed by atoms with Gasteiger partial charge in [0, 0.05) is 50.5 Å². The molecule has 3 aromatic heterocycles. The van der Waals surface area contributed by atoms with Gasteiger partial charge in [-0.15, -0.1) is 5.10 Å². The number of ether oxygens (including phenoxy) is 5. The van der Waals surface area contributed by atoms with Crippen LogP contribution >= 0.6 is 0 Å². The number of fused-ring (bicyclic) bond motifs is 1. The van der Waals surface area contributed by atoms with Crippen molar-refractivity contribution in [1.82, 2.24) is 44.6 Å². The van der Waals surface area contributed by atoms with Crippen molar-refractivity contribution in [3.63, 3.8) is 0 Å². The maximum atomic E-state index is 14.6. The molecule has 3 aromatic rings. The molecule has 362 valence electrons. The fourth-order valence-electron chi connectivity index (χ4n) is 9.75. The summed E-state index contributed by atoms with van der Waals surface area (Å²) >= 11 is 0. The van der Waals surface area contributed by atoms with Gasteiger partial charge in [0.05, 0.1) is 35.7 Å². The van der Waals surface area contributed by atoms with Gasteiger partial charge in [-0.1, -0.05) is 32.1 Å². The van der Waals surface area contributed by atoms with Crippen LogP contribution in [0.3, 0.4) is 0 Å². The fraction of sp³-hybridized carbons (Fsp3) is 0.667. The Morgan fingerprint density at radius 1 is 1.03 bits per heavy atom. The summed E-state index contributed by atoms with van der Waals surface area (Å²) in [5.74, 6) is -5.46. The molecule has 0 aromatic carbocycles. The first-order chi connectivity index (χ1) is 31.3. The number of aliphatic hydroxyl groups is 1. The summed E-state index contributed by atoms with van der Waals surface area (Å²) in [5, 5.41) is 23.1. The lowest BCUT2D eigenvalue weighted by Crippen LogP contribution is -2.65. The standard InChI is InChI=1S/C45H66N10O11/c1-11-33-45(55-21-17-34(46)49-42(55)60)37(54(43(61)66-45)20-15-14-19-53-24-31(50-51-53)30-16-12-13-18-47-30)29(6)48-39(58)25(2)23-44(7,62-10)38(27(4)35(56)28(5)40(59)64-33)65-41-36(57)32(52(8)9)22-26(3)63-41/h12-13,16-18,21,24-29,32-33,36-38,41,57H,11,14-15,19-20,22-23H2,1-10H3,(H,48,58)(H2,46,49,60)/t25-,26-,27+,28-,29-,32?,33-,36?,37-,38-,41+,44-,45-/m1/s1. The number of anilines is 1. The summed E-state index contributed by atoms with van der Waals surface area (Å²) in [6, 6.07) is 4.34. The first-order valence-corrected chi connectivity index (χ1v) is 22.7. The van der Waals surface area contributed by atoms with Gasteiger partial charge in [-0.2, -0.15) is 4.98 Å². The van der Waals surface area contributed by atoms with Gasteiger partial charge in [0.1, 0.15) is 29.6 Å². The maximum absolute atomic E-state index is 14.6. The number of nitrogens with zero attached hydrogens (tertiary/aromatic N) is 8. The Labute approximate surface area is 384 Å². The molecule has 0 bridgehead atoms. The molecule has 0 aliphatic carbocycles. The van der Waals surface area contributed by atoms with E-state index in [1.54, 1.807) is 51.7 Å². The lowest BCUT2D eigenvalue weighted by atomic mass is 9.78. The van der Waals surface area contributed by atoms with Crippen LogP contribution in [0.4, 0.5) is 10.6 Å². The lowest BCUT2D eigenvalue weighted by Gasteiger charge is -2.46. The Morgan fingerprint density at radius 2 is 1.76 bits per heavy atom. The average molecular weight is 923 g/mol. The van der Waals surface area contributed by atoms with E-state index in [2.05, 4.69) is 25.6 Å². The van der Waals surface area contributed by atoms with Gasteiger partial charge in [0.25, 0.3) is 5.72 Å². The van der Waals surface area contributed by atoms with Gasteiger partial charge in [0.15, 0.2) is 18.2 Å². The van der Waals surface area contributed by atoms with Crippen LogP contribution in [0.2, 0.25) is 0 Å². The van der Waals surface area contributed by atoms with Gasteiger partial charge in [-0.25, -0.2) is 9.59 Å². The Hall–Kier alpha value is -5.35. The molecule has 6 rings (SSSR count). The molecule has 13 atom stereocenters. The highest BCUT2D eigenvalue weighted by atomic mass is 16.7. The molecular formula is C45H66N10O11. The van der Waals surface area contributed by atoms with Gasteiger partial charge in [-0.3, -0.25) is 33.5 Å². The highest BCUT2D eigenvalue weighted by molar-refractivity contribution is 6.00. The van der Waals surface area contributed by atoms with Crippen molar-refractivity contribution in [3.8, 4) is 11.4 Å². The van der Waals surface area contributed by atoms with Gasteiger partial charge >= 0.3 is 17.8 Å². The number of rotatable bonds is 12. The molecule has 21 nitrogen and oxygen atoms in total. The highest BCUT2D eigenvalue weighted by Gasteiger charge is 2.64. The molecular weight excluding hydrogens is 857 g/mol. The van der Waals surface area contributed by atoms with Crippen LogP contribution in [0.25, 0.3) is 11.4 Å². The molecule has 3 saturated heterocycles. The van der Waals surface area contributed by atoms with Crippen LogP contribution in [0, 0.1) is 17.8 Å². The van der Waals surface area contributed by atoms with Crippen molar-refractivity contribution in [1.29, 1.82) is 0 Å². The average Bonchev–Trinajstić information content (AvgIpc) is 3.88. The van der Waals surface area contributed by atoms with Crippen LogP contribution in [0.15, 0.2) is 47.7 Å². The number of carbonyl (C=O) groups is 4. The predicted molar refractivity (Wildman–Crippen MR) is 238 cm³/mol. The van der Waals surface area contributed by atoms with Crippen LogP contribution in [0.5, 0.6) is 0 Å². The third-order valence-electron chi connectivity index (χ3n) is 13.4. The van der Waals surface area contributed by atoms with E-state index in [4.69, 9.17) is 29.4 Å². The largest absolute Gasteiger partial charge is 0.455 e. The van der Waals surface area contributed by atoms with Crippen molar-refractivity contribution in [3.05, 3.63) is 53.3 Å². The number of carbonyl (C=O) groups excluding carboxylic acids is 4. The summed E-state index contributed by atoms with van der Waals surface area (Å²) in [6.45, 7) is 12.1. The Kier molecular flexibility index (Phi) is 15.7. The molecule has 21 heteroatoms. The molecule has 6 heterocycles. The second kappa shape index (κ2) is 20.7. The minimum atomic E-state index is -2.13. The molecule has 2 unspecified atom stereocenters. The molecule has 0 saturated carbocycles. The van der Waals surface area contributed by atoms with Crippen LogP contribution in [0.1, 0.15) is 80.6 Å². The van der Waals surface area contributed by atoms with E-state index in [1.807, 2.05) is 44.1 Å². The molecule has 3 aliphatic rings. The van der Waals surface area contributed by atoms with Crippen LogP contribution < -0.4 is 16.7 Å². The zero-order valence-corrected chi connectivity index (χ0v) is 39.5. The van der Waals surface area contributed by atoms with E-state index in [0.29, 0.717) is 37.2 Å². The topological polar surface area (TPSA) is 258 Å². The van der Waals surface area contributed by atoms with Gasteiger partial charge in [-0.05, 0) is 92.1 Å². The van der Waals surface area contributed by atoms with Crippen LogP contribution in [-0.2, 0) is 50.3 Å². The number of likely N-dealkylation sites (N-methyl/N-ethyl adjacent to an activating group) is 1. The van der Waals surface area contributed by atoms with E-state index in [9.17, 15) is 29.1 Å². The zero-order chi connectivity index (χ0) is 48.2. The number of Topliss-reactive ketones (excluding diaryl/α,β-unsaturated/α-hetero) is 1. The number of hydrogen-bond donors (Lipinski definition) is 3. The van der Waals surface area contributed by atoms with Gasteiger partial charge < -0.3 is 44.7 Å². The number of methoxy groups -OCH3 is 1. The van der Waals surface area contributed by atoms with E-state index in [0.717, 1.165) is 4.57 Å². The quantitative estimate of drug-likeness (QED) is 0.134. The van der Waals surface area contributed by atoms with Crippen molar-refractivity contribution in [2.24, 2.45) is 17.8 Å². The number of aryl methyl sites for hydroxylation is 1. The number of unbranched alkanes of at least 4 members (excludes halogenated alkanes) is 1. The summed E-state index contributed by atoms with van der Waals surface area (Å²) in [4.78, 5) is 83.6. The van der Waals surface area contributed by atoms with Crippen molar-refractivity contribution in [2.45, 2.75) is 147 Å². The lowest BCUT2D eigenvalue weighted by molar-refractivity contribution is -0.295. The highest BCUT2D eigenvalue weighted by Crippen LogP contribution is 2.43. The molecule has 0 radical (unpaired) electrons. The van der Waals surface area contributed by atoms with E-state index >= 15 is 0 Å². The minimum absolute atomic E-state index is 0.00312.